The Morgan fingerprint density at radius 1 is 0.675 bits per heavy atom. The van der Waals surface area contributed by atoms with Crippen LogP contribution in [0.5, 0.6) is 5.75 Å². The first kappa shape index (κ1) is 28.8. The first-order valence-electron chi connectivity index (χ1n) is 14.3. The summed E-state index contributed by atoms with van der Waals surface area (Å²) in [5, 5.41) is 0. The fourth-order valence-electron chi connectivity index (χ4n) is 4.69. The third-order valence-electron chi connectivity index (χ3n) is 7.00. The van der Waals surface area contributed by atoms with E-state index < -0.39 is 0 Å². The molecule has 0 fully saturated rings. The molecule has 0 radical (unpaired) electrons. The molecule has 40 heavy (non-hydrogen) atoms. The van der Waals surface area contributed by atoms with E-state index in [2.05, 4.69) is 0 Å². The van der Waals surface area contributed by atoms with Gasteiger partial charge in [-0.15, -0.1) is 0 Å². The molecule has 1 aliphatic rings. The van der Waals surface area contributed by atoms with E-state index >= 15 is 0 Å². The molecule has 3 aromatic rings. The number of amides is 2. The number of hydrogen-bond donors (Lipinski definition) is 0. The zero-order valence-corrected chi connectivity index (χ0v) is 23.0. The van der Waals surface area contributed by atoms with Gasteiger partial charge in [-0.1, -0.05) is 99.2 Å². The van der Waals surface area contributed by atoms with Crippen molar-refractivity contribution in [1.29, 1.82) is 0 Å². The van der Waals surface area contributed by atoms with Crippen molar-refractivity contribution in [3.05, 3.63) is 114 Å². The highest BCUT2D eigenvalue weighted by Gasteiger charge is 2.24. The molecule has 0 N–H and O–H groups in total. The topological polar surface area (TPSA) is 63.7 Å². The molecule has 1 heterocycles. The Hall–Kier alpha value is -4.25. The smallest absolute Gasteiger partial charge is 0.258 e. The molecule has 0 saturated carbocycles. The van der Waals surface area contributed by atoms with Crippen molar-refractivity contribution in [3.8, 4) is 5.75 Å². The van der Waals surface area contributed by atoms with Crippen LogP contribution in [0.15, 0.2) is 97.1 Å². The van der Waals surface area contributed by atoms with E-state index in [0.29, 0.717) is 11.3 Å². The van der Waals surface area contributed by atoms with Crippen molar-refractivity contribution in [3.63, 3.8) is 0 Å². The molecule has 1 aliphatic heterocycles. The first-order valence-corrected chi connectivity index (χ1v) is 14.3. The van der Waals surface area contributed by atoms with E-state index in [9.17, 15) is 14.4 Å². The maximum Gasteiger partial charge on any atom is 0.258 e. The van der Waals surface area contributed by atoms with Crippen LogP contribution in [0.1, 0.15) is 72.9 Å². The molecule has 0 bridgehead atoms. The number of imide groups is 1. The standard InChI is InChI=1S/C35H37NO4/c37-33(30-13-9-7-10-14-30)24-19-29-17-22-32(23-18-29)40-27-11-6-4-2-1-3-5-8-12-28-15-20-31(21-16-28)36-34(38)25-26-35(36)39/h7,9-10,13-26H,1-6,8,11-12,27H2. The van der Waals surface area contributed by atoms with Gasteiger partial charge in [0.2, 0.25) is 0 Å². The minimum Gasteiger partial charge on any atom is -0.494 e. The molecule has 0 atom stereocenters. The lowest BCUT2D eigenvalue weighted by Crippen LogP contribution is -2.29. The minimum absolute atomic E-state index is 0.00131. The summed E-state index contributed by atoms with van der Waals surface area (Å²) in [6.07, 6.45) is 16.6. The van der Waals surface area contributed by atoms with Crippen LogP contribution in [-0.4, -0.2) is 24.2 Å². The molecule has 5 nitrogen and oxygen atoms in total. The second-order valence-corrected chi connectivity index (χ2v) is 10.1. The molecule has 206 valence electrons. The highest BCUT2D eigenvalue weighted by molar-refractivity contribution is 6.28. The van der Waals surface area contributed by atoms with Crippen molar-refractivity contribution >= 4 is 29.4 Å². The largest absolute Gasteiger partial charge is 0.494 e. The number of ketones is 1. The lowest BCUT2D eigenvalue weighted by Gasteiger charge is -2.14. The van der Waals surface area contributed by atoms with Gasteiger partial charge in [0.1, 0.15) is 5.75 Å². The van der Waals surface area contributed by atoms with Crippen LogP contribution in [0.2, 0.25) is 0 Å². The lowest BCUT2D eigenvalue weighted by molar-refractivity contribution is -0.119. The van der Waals surface area contributed by atoms with Crippen molar-refractivity contribution < 1.29 is 19.1 Å². The second-order valence-electron chi connectivity index (χ2n) is 10.1. The summed E-state index contributed by atoms with van der Waals surface area (Å²) < 4.78 is 5.87. The van der Waals surface area contributed by atoms with E-state index in [1.807, 2.05) is 84.9 Å². The van der Waals surface area contributed by atoms with Crippen LogP contribution >= 0.6 is 0 Å². The van der Waals surface area contributed by atoms with Crippen LogP contribution in [0, 0.1) is 0 Å². The second kappa shape index (κ2) is 15.4. The zero-order valence-electron chi connectivity index (χ0n) is 23.0. The maximum absolute atomic E-state index is 12.2. The van der Waals surface area contributed by atoms with Gasteiger partial charge < -0.3 is 4.74 Å². The fourth-order valence-corrected chi connectivity index (χ4v) is 4.69. The Bertz CT molecular complexity index is 1290. The molecular weight excluding hydrogens is 498 g/mol. The number of allylic oxidation sites excluding steroid dienone is 1. The average Bonchev–Trinajstić information content (AvgIpc) is 3.33. The predicted octanol–water partition coefficient (Wildman–Crippen LogP) is 7.75. The van der Waals surface area contributed by atoms with Crippen LogP contribution in [0.3, 0.4) is 0 Å². The Balaban J connectivity index is 0.997. The summed E-state index contributed by atoms with van der Waals surface area (Å²) in [4.78, 5) is 36.9. The number of anilines is 1. The van der Waals surface area contributed by atoms with Gasteiger partial charge in [-0.3, -0.25) is 14.4 Å². The molecule has 0 aromatic heterocycles. The molecule has 0 aliphatic carbocycles. The van der Waals surface area contributed by atoms with Gasteiger partial charge in [0.05, 0.1) is 12.3 Å². The predicted molar refractivity (Wildman–Crippen MR) is 160 cm³/mol. The molecule has 5 heteroatoms. The number of unbranched alkanes of at least 4 members (excludes halogenated alkanes) is 7. The normalized spacial score (nSPS) is 12.9. The van der Waals surface area contributed by atoms with Crippen LogP contribution in [0.4, 0.5) is 5.69 Å². The van der Waals surface area contributed by atoms with Crippen LogP contribution in [0.25, 0.3) is 6.08 Å². The highest BCUT2D eigenvalue weighted by atomic mass is 16.5. The molecule has 0 saturated heterocycles. The number of nitrogens with zero attached hydrogens (tertiary/aromatic N) is 1. The molecule has 3 aromatic carbocycles. The molecular formula is C35H37NO4. The number of aryl methyl sites for hydroxylation is 1. The third kappa shape index (κ3) is 8.91. The number of rotatable bonds is 16. The van der Waals surface area contributed by atoms with Gasteiger partial charge >= 0.3 is 0 Å². The van der Waals surface area contributed by atoms with Gasteiger partial charge in [-0.2, -0.15) is 0 Å². The quantitative estimate of drug-likeness (QED) is 0.0814. The Morgan fingerprint density at radius 2 is 1.27 bits per heavy atom. The summed E-state index contributed by atoms with van der Waals surface area (Å²) >= 11 is 0. The molecule has 0 unspecified atom stereocenters. The Morgan fingerprint density at radius 3 is 1.93 bits per heavy atom. The molecule has 0 spiro atoms. The van der Waals surface area contributed by atoms with Gasteiger partial charge in [-0.05, 0) is 60.7 Å². The number of carbonyl (C=O) groups excluding carboxylic acids is 3. The zero-order chi connectivity index (χ0) is 28.0. The molecule has 2 amide bonds. The van der Waals surface area contributed by atoms with E-state index in [0.717, 1.165) is 37.2 Å². The first-order chi connectivity index (χ1) is 19.6. The van der Waals surface area contributed by atoms with Gasteiger partial charge in [0.25, 0.3) is 11.8 Å². The van der Waals surface area contributed by atoms with Crippen molar-refractivity contribution in [2.75, 3.05) is 11.5 Å². The lowest BCUT2D eigenvalue weighted by atomic mass is 10.0. The fraction of sp³-hybridized carbons (Fsp3) is 0.286. The van der Waals surface area contributed by atoms with Crippen LogP contribution in [-0.2, 0) is 16.0 Å². The van der Waals surface area contributed by atoms with Crippen molar-refractivity contribution in [1.82, 2.24) is 0 Å². The summed E-state index contributed by atoms with van der Waals surface area (Å²) in [5.41, 5.74) is 3.53. The van der Waals surface area contributed by atoms with Gasteiger partial charge in [0.15, 0.2) is 5.78 Å². The summed E-state index contributed by atoms with van der Waals surface area (Å²) in [5.74, 6) is 0.299. The van der Waals surface area contributed by atoms with Gasteiger partial charge in [0, 0.05) is 17.7 Å². The number of ether oxygens (including phenoxy) is 1. The van der Waals surface area contributed by atoms with Crippen molar-refractivity contribution in [2.45, 2.75) is 57.8 Å². The Labute approximate surface area is 237 Å². The van der Waals surface area contributed by atoms with E-state index in [1.165, 1.54) is 61.1 Å². The third-order valence-corrected chi connectivity index (χ3v) is 7.00. The monoisotopic (exact) mass is 535 g/mol. The number of benzene rings is 3. The highest BCUT2D eigenvalue weighted by Crippen LogP contribution is 2.21. The number of carbonyl (C=O) groups is 3. The Kier molecular flexibility index (Phi) is 11.0. The van der Waals surface area contributed by atoms with E-state index in [1.54, 1.807) is 6.08 Å². The minimum atomic E-state index is -0.279. The van der Waals surface area contributed by atoms with Crippen LogP contribution < -0.4 is 9.64 Å². The van der Waals surface area contributed by atoms with Crippen molar-refractivity contribution in [2.24, 2.45) is 0 Å². The number of hydrogen-bond acceptors (Lipinski definition) is 4. The summed E-state index contributed by atoms with van der Waals surface area (Å²) in [7, 11) is 0. The summed E-state index contributed by atoms with van der Waals surface area (Å²) in [6, 6.07) is 24.8. The molecule has 4 rings (SSSR count). The average molecular weight is 536 g/mol. The summed E-state index contributed by atoms with van der Waals surface area (Å²) in [6.45, 7) is 0.719. The maximum atomic E-state index is 12.2. The van der Waals surface area contributed by atoms with E-state index in [-0.39, 0.29) is 17.6 Å². The SMILES string of the molecule is O=C(C=Cc1ccc(OCCCCCCCCCCc2ccc(N3C(=O)C=CC3=O)cc2)cc1)c1ccccc1. The van der Waals surface area contributed by atoms with Gasteiger partial charge in [-0.25, -0.2) is 4.90 Å². The van der Waals surface area contributed by atoms with E-state index in [4.69, 9.17) is 4.74 Å².